The van der Waals surface area contributed by atoms with Gasteiger partial charge in [-0.25, -0.2) is 9.37 Å². The molecule has 0 spiro atoms. The van der Waals surface area contributed by atoms with Gasteiger partial charge in [0.2, 0.25) is 0 Å². The van der Waals surface area contributed by atoms with Crippen LogP contribution < -0.4 is 0 Å². The minimum Gasteiger partial charge on any atom is -0.236 e. The monoisotopic (exact) mass is 333 g/mol. The van der Waals surface area contributed by atoms with Crippen LogP contribution in [-0.2, 0) is 0 Å². The Morgan fingerprint density at radius 3 is 2.63 bits per heavy atom. The molecule has 94 valence electrons. The van der Waals surface area contributed by atoms with E-state index in [-0.39, 0.29) is 5.82 Å². The minimum absolute atomic E-state index is 0.253. The van der Waals surface area contributed by atoms with Gasteiger partial charge in [0.05, 0.1) is 5.69 Å². The van der Waals surface area contributed by atoms with Gasteiger partial charge in [0, 0.05) is 21.0 Å². The van der Waals surface area contributed by atoms with Gasteiger partial charge in [-0.3, -0.25) is 0 Å². The Hall–Kier alpha value is -1.52. The van der Waals surface area contributed by atoms with Crippen molar-refractivity contribution in [3.8, 4) is 21.8 Å². The van der Waals surface area contributed by atoms with Crippen molar-refractivity contribution in [1.82, 2.24) is 4.98 Å². The van der Waals surface area contributed by atoms with Gasteiger partial charge >= 0.3 is 0 Å². The van der Waals surface area contributed by atoms with E-state index >= 15 is 0 Å². The van der Waals surface area contributed by atoms with E-state index < -0.39 is 0 Å². The summed E-state index contributed by atoms with van der Waals surface area (Å²) in [6.07, 6.45) is 0. The zero-order valence-electron chi connectivity index (χ0n) is 9.81. The molecular weight excluding hydrogens is 325 g/mol. The molecule has 1 heterocycles. The van der Waals surface area contributed by atoms with Gasteiger partial charge in [-0.2, -0.15) is 0 Å². The SMILES string of the molecule is Fc1ccc(Br)cc1-c1nc(-c2ccccc2)cs1. The molecule has 0 atom stereocenters. The van der Waals surface area contributed by atoms with Crippen molar-refractivity contribution in [3.63, 3.8) is 0 Å². The number of halogens is 2. The van der Waals surface area contributed by atoms with Crippen LogP contribution in [0, 0.1) is 5.82 Å². The zero-order chi connectivity index (χ0) is 13.2. The molecule has 0 aliphatic carbocycles. The highest BCUT2D eigenvalue weighted by atomic mass is 79.9. The van der Waals surface area contributed by atoms with Crippen molar-refractivity contribution < 1.29 is 4.39 Å². The second kappa shape index (κ2) is 5.23. The highest BCUT2D eigenvalue weighted by Crippen LogP contribution is 2.31. The third-order valence-corrected chi connectivity index (χ3v) is 4.10. The maximum Gasteiger partial charge on any atom is 0.133 e. The van der Waals surface area contributed by atoms with Crippen molar-refractivity contribution >= 4 is 27.3 Å². The lowest BCUT2D eigenvalue weighted by atomic mass is 10.2. The molecule has 4 heteroatoms. The Bertz CT molecular complexity index is 709. The average molecular weight is 334 g/mol. The smallest absolute Gasteiger partial charge is 0.133 e. The Morgan fingerprint density at radius 2 is 1.84 bits per heavy atom. The molecule has 3 rings (SSSR count). The summed E-state index contributed by atoms with van der Waals surface area (Å²) in [5, 5.41) is 2.64. The standard InChI is InChI=1S/C15H9BrFNS/c16-11-6-7-13(17)12(8-11)15-18-14(9-19-15)10-4-2-1-3-5-10/h1-9H. The number of benzene rings is 2. The molecular formula is C15H9BrFNS. The molecule has 0 unspecified atom stereocenters. The van der Waals surface area contributed by atoms with E-state index in [2.05, 4.69) is 20.9 Å². The minimum atomic E-state index is -0.253. The van der Waals surface area contributed by atoms with Crippen LogP contribution in [0.25, 0.3) is 21.8 Å². The summed E-state index contributed by atoms with van der Waals surface area (Å²) < 4.78 is 14.7. The number of nitrogens with zero attached hydrogens (tertiary/aromatic N) is 1. The van der Waals surface area contributed by atoms with Crippen LogP contribution in [0.2, 0.25) is 0 Å². The fraction of sp³-hybridized carbons (Fsp3) is 0. The lowest BCUT2D eigenvalue weighted by Gasteiger charge is -2.00. The predicted octanol–water partition coefficient (Wildman–Crippen LogP) is 5.38. The summed E-state index contributed by atoms with van der Waals surface area (Å²) >= 11 is 4.80. The molecule has 2 aromatic carbocycles. The number of rotatable bonds is 2. The molecule has 3 aromatic rings. The second-order valence-electron chi connectivity index (χ2n) is 4.03. The molecule has 0 bridgehead atoms. The number of hydrogen-bond acceptors (Lipinski definition) is 2. The Morgan fingerprint density at radius 1 is 1.05 bits per heavy atom. The van der Waals surface area contributed by atoms with E-state index in [0.29, 0.717) is 10.6 Å². The van der Waals surface area contributed by atoms with E-state index in [1.807, 2.05) is 35.7 Å². The molecule has 1 aromatic heterocycles. The van der Waals surface area contributed by atoms with Crippen molar-refractivity contribution in [2.24, 2.45) is 0 Å². The summed E-state index contributed by atoms with van der Waals surface area (Å²) in [7, 11) is 0. The fourth-order valence-electron chi connectivity index (χ4n) is 1.80. The lowest BCUT2D eigenvalue weighted by Crippen LogP contribution is -1.84. The molecule has 1 nitrogen and oxygen atoms in total. The summed E-state index contributed by atoms with van der Waals surface area (Å²) in [5.74, 6) is -0.253. The number of thiazole rings is 1. The quantitative estimate of drug-likeness (QED) is 0.613. The van der Waals surface area contributed by atoms with Crippen LogP contribution in [0.3, 0.4) is 0 Å². The maximum absolute atomic E-state index is 13.8. The number of hydrogen-bond donors (Lipinski definition) is 0. The first kappa shape index (κ1) is 12.5. The highest BCUT2D eigenvalue weighted by Gasteiger charge is 2.11. The summed E-state index contributed by atoms with van der Waals surface area (Å²) in [5.41, 5.74) is 2.45. The maximum atomic E-state index is 13.8. The van der Waals surface area contributed by atoms with Crippen molar-refractivity contribution in [2.45, 2.75) is 0 Å². The topological polar surface area (TPSA) is 12.9 Å². The summed E-state index contributed by atoms with van der Waals surface area (Å²) in [4.78, 5) is 4.51. The molecule has 0 radical (unpaired) electrons. The molecule has 0 N–H and O–H groups in total. The molecule has 0 aliphatic heterocycles. The number of aromatic nitrogens is 1. The van der Waals surface area contributed by atoms with Crippen LogP contribution in [0.1, 0.15) is 0 Å². The van der Waals surface area contributed by atoms with E-state index in [1.54, 1.807) is 12.1 Å². The van der Waals surface area contributed by atoms with Crippen molar-refractivity contribution in [2.75, 3.05) is 0 Å². The molecule has 0 amide bonds. The predicted molar refractivity (Wildman–Crippen MR) is 80.6 cm³/mol. The first-order chi connectivity index (χ1) is 9.24. The Labute approximate surface area is 122 Å². The molecule has 0 aliphatic rings. The molecule has 0 saturated heterocycles. The third-order valence-electron chi connectivity index (χ3n) is 2.73. The van der Waals surface area contributed by atoms with Gasteiger partial charge in [0.15, 0.2) is 0 Å². The Balaban J connectivity index is 2.04. The van der Waals surface area contributed by atoms with E-state index in [9.17, 15) is 4.39 Å². The van der Waals surface area contributed by atoms with Crippen molar-refractivity contribution in [3.05, 3.63) is 64.2 Å². The average Bonchev–Trinajstić information content (AvgIpc) is 2.92. The first-order valence-electron chi connectivity index (χ1n) is 5.70. The fourth-order valence-corrected chi connectivity index (χ4v) is 3.01. The summed E-state index contributed by atoms with van der Waals surface area (Å²) in [6.45, 7) is 0. The van der Waals surface area contributed by atoms with E-state index in [4.69, 9.17) is 0 Å². The van der Waals surface area contributed by atoms with Crippen LogP contribution in [0.5, 0.6) is 0 Å². The van der Waals surface area contributed by atoms with E-state index in [1.165, 1.54) is 17.4 Å². The van der Waals surface area contributed by atoms with Gasteiger partial charge in [0.25, 0.3) is 0 Å². The third kappa shape index (κ3) is 2.60. The van der Waals surface area contributed by atoms with Crippen LogP contribution in [-0.4, -0.2) is 4.98 Å². The van der Waals surface area contributed by atoms with Crippen LogP contribution >= 0.6 is 27.3 Å². The Kier molecular flexibility index (Phi) is 3.44. The van der Waals surface area contributed by atoms with Crippen molar-refractivity contribution in [1.29, 1.82) is 0 Å². The van der Waals surface area contributed by atoms with Gasteiger partial charge in [-0.1, -0.05) is 46.3 Å². The summed E-state index contributed by atoms with van der Waals surface area (Å²) in [6, 6.07) is 14.8. The van der Waals surface area contributed by atoms with Crippen LogP contribution in [0.15, 0.2) is 58.4 Å². The highest BCUT2D eigenvalue weighted by molar-refractivity contribution is 9.10. The zero-order valence-corrected chi connectivity index (χ0v) is 12.2. The second-order valence-corrected chi connectivity index (χ2v) is 5.80. The largest absolute Gasteiger partial charge is 0.236 e. The van der Waals surface area contributed by atoms with Gasteiger partial charge in [0.1, 0.15) is 10.8 Å². The van der Waals surface area contributed by atoms with Gasteiger partial charge < -0.3 is 0 Å². The molecule has 19 heavy (non-hydrogen) atoms. The lowest BCUT2D eigenvalue weighted by molar-refractivity contribution is 0.631. The van der Waals surface area contributed by atoms with Crippen LogP contribution in [0.4, 0.5) is 4.39 Å². The normalized spacial score (nSPS) is 10.6. The van der Waals surface area contributed by atoms with Gasteiger partial charge in [-0.15, -0.1) is 11.3 Å². The molecule has 0 saturated carbocycles. The molecule has 0 fully saturated rings. The van der Waals surface area contributed by atoms with E-state index in [0.717, 1.165) is 15.7 Å². The first-order valence-corrected chi connectivity index (χ1v) is 7.38. The van der Waals surface area contributed by atoms with Gasteiger partial charge in [-0.05, 0) is 18.2 Å².